The molecular formula is C59H108NO8P. The molecule has 0 saturated carbocycles. The van der Waals surface area contributed by atoms with Crippen molar-refractivity contribution in [3.8, 4) is 0 Å². The lowest BCUT2D eigenvalue weighted by molar-refractivity contribution is -0.870. The minimum absolute atomic E-state index is 0.0361. The third-order valence-electron chi connectivity index (χ3n) is 12.3. The smallest absolute Gasteiger partial charge is 0.306 e. The van der Waals surface area contributed by atoms with Gasteiger partial charge in [-0.25, -0.2) is 0 Å². The van der Waals surface area contributed by atoms with Gasteiger partial charge in [0.2, 0.25) is 0 Å². The monoisotopic (exact) mass is 990 g/mol. The first-order valence-corrected chi connectivity index (χ1v) is 30.0. The van der Waals surface area contributed by atoms with Crippen LogP contribution in [0.4, 0.5) is 0 Å². The second-order valence-corrected chi connectivity index (χ2v) is 21.7. The molecule has 0 aromatic heterocycles. The lowest BCUT2D eigenvalue weighted by Gasteiger charge is -2.28. The number of ether oxygens (including phenoxy) is 2. The second-order valence-electron chi connectivity index (χ2n) is 20.3. The van der Waals surface area contributed by atoms with E-state index in [1.807, 2.05) is 21.1 Å². The summed E-state index contributed by atoms with van der Waals surface area (Å²) in [5, 5.41) is 0. The molecule has 0 fully saturated rings. The number of phosphoric ester groups is 1. The topological polar surface area (TPSA) is 111 Å². The molecule has 402 valence electrons. The Morgan fingerprint density at radius 1 is 0.464 bits per heavy atom. The fourth-order valence-corrected chi connectivity index (χ4v) is 8.65. The summed E-state index contributed by atoms with van der Waals surface area (Å²) in [6, 6.07) is 0. The van der Waals surface area contributed by atoms with Gasteiger partial charge in [-0.1, -0.05) is 242 Å². The molecule has 0 aromatic rings. The van der Waals surface area contributed by atoms with Crippen LogP contribution in [0.3, 0.4) is 0 Å². The van der Waals surface area contributed by atoms with Crippen molar-refractivity contribution in [2.24, 2.45) is 0 Å². The van der Waals surface area contributed by atoms with Gasteiger partial charge in [0, 0.05) is 12.8 Å². The number of likely N-dealkylation sites (N-methyl/N-ethyl adjacent to an activating group) is 1. The van der Waals surface area contributed by atoms with Gasteiger partial charge in [-0.2, -0.15) is 0 Å². The Labute approximate surface area is 426 Å². The lowest BCUT2D eigenvalue weighted by atomic mass is 10.0. The maximum atomic E-state index is 12.8. The molecular weight excluding hydrogens is 882 g/mol. The van der Waals surface area contributed by atoms with E-state index < -0.39 is 26.5 Å². The van der Waals surface area contributed by atoms with E-state index in [4.69, 9.17) is 18.5 Å². The van der Waals surface area contributed by atoms with Crippen molar-refractivity contribution in [3.63, 3.8) is 0 Å². The molecule has 0 heterocycles. The molecule has 0 radical (unpaired) electrons. The van der Waals surface area contributed by atoms with Crippen molar-refractivity contribution >= 4 is 19.8 Å². The zero-order chi connectivity index (χ0) is 50.6. The van der Waals surface area contributed by atoms with E-state index >= 15 is 0 Å². The number of carbonyl (C=O) groups excluding carboxylic acids is 2. The third kappa shape index (κ3) is 54.9. The van der Waals surface area contributed by atoms with Gasteiger partial charge in [0.05, 0.1) is 27.7 Å². The summed E-state index contributed by atoms with van der Waals surface area (Å²) in [6.45, 7) is 4.13. The van der Waals surface area contributed by atoms with Crippen LogP contribution in [-0.4, -0.2) is 70.0 Å². The SMILES string of the molecule is CC/C=C\C/C=C\C/C=C\C/C=C\C/C=C\CCCCCCCC(=O)OC(COC(=O)CCCCCCCCCCCCCCCCCCCCCCCCCC)COP(=O)([O-])OCC[N+](C)(C)C. The van der Waals surface area contributed by atoms with Crippen molar-refractivity contribution in [1.29, 1.82) is 0 Å². The number of esters is 2. The Hall–Kier alpha value is -2.29. The lowest BCUT2D eigenvalue weighted by Crippen LogP contribution is -2.37. The van der Waals surface area contributed by atoms with Crippen molar-refractivity contribution in [2.75, 3.05) is 47.5 Å². The molecule has 0 saturated heterocycles. The van der Waals surface area contributed by atoms with E-state index in [-0.39, 0.29) is 32.0 Å². The van der Waals surface area contributed by atoms with Crippen LogP contribution in [0.5, 0.6) is 0 Å². The first kappa shape index (κ1) is 66.7. The Morgan fingerprint density at radius 3 is 1.23 bits per heavy atom. The molecule has 0 aromatic carbocycles. The molecule has 10 heteroatoms. The predicted octanol–water partition coefficient (Wildman–Crippen LogP) is 16.9. The zero-order valence-corrected chi connectivity index (χ0v) is 46.4. The molecule has 0 bridgehead atoms. The number of unbranched alkanes of at least 4 members (excludes halogenated alkanes) is 28. The number of hydrogen-bond acceptors (Lipinski definition) is 8. The highest BCUT2D eigenvalue weighted by Gasteiger charge is 2.21. The molecule has 0 aliphatic rings. The minimum atomic E-state index is -4.64. The standard InChI is InChI=1S/C59H108NO8P/c1-6-8-10-12-14-16-18-20-22-24-26-28-29-30-32-33-35-37-39-41-43-45-47-49-51-58(61)65-55-57(56-67-69(63,64)66-54-53-60(3,4)5)68-59(62)52-50-48-46-44-42-40-38-36-34-31-27-25-23-21-19-17-15-13-11-9-7-2/h9,11,15,17,21,23,27,31,36,38,57H,6-8,10,12-14,16,18-20,22,24-26,28-30,32-35,37,39-56H2,1-5H3/b11-9-,17-15-,23-21-,31-27-,38-36-. The number of quaternary nitrogens is 1. The van der Waals surface area contributed by atoms with Crippen LogP contribution in [0, 0.1) is 0 Å². The Kier molecular flexibility index (Phi) is 49.0. The Morgan fingerprint density at radius 2 is 0.826 bits per heavy atom. The van der Waals surface area contributed by atoms with Crippen molar-refractivity contribution in [2.45, 2.75) is 258 Å². The van der Waals surface area contributed by atoms with Gasteiger partial charge < -0.3 is 27.9 Å². The maximum absolute atomic E-state index is 12.8. The summed E-state index contributed by atoms with van der Waals surface area (Å²) in [5.74, 6) is -0.848. The zero-order valence-electron chi connectivity index (χ0n) is 45.5. The molecule has 0 rings (SSSR count). The quantitative estimate of drug-likeness (QED) is 0.0195. The van der Waals surface area contributed by atoms with Gasteiger partial charge in [0.1, 0.15) is 19.8 Å². The maximum Gasteiger partial charge on any atom is 0.306 e. The highest BCUT2D eigenvalue weighted by Crippen LogP contribution is 2.38. The summed E-state index contributed by atoms with van der Waals surface area (Å²) in [4.78, 5) is 37.8. The number of allylic oxidation sites excluding steroid dienone is 10. The van der Waals surface area contributed by atoms with Crippen LogP contribution in [-0.2, 0) is 32.7 Å². The van der Waals surface area contributed by atoms with Gasteiger partial charge in [-0.15, -0.1) is 0 Å². The van der Waals surface area contributed by atoms with E-state index in [1.165, 1.54) is 135 Å². The molecule has 0 amide bonds. The third-order valence-corrected chi connectivity index (χ3v) is 13.3. The van der Waals surface area contributed by atoms with Gasteiger partial charge in [0.25, 0.3) is 7.82 Å². The summed E-state index contributed by atoms with van der Waals surface area (Å²) in [7, 11) is 1.15. The van der Waals surface area contributed by atoms with Gasteiger partial charge in [-0.3, -0.25) is 14.2 Å². The molecule has 0 aliphatic carbocycles. The molecule has 0 N–H and O–H groups in total. The largest absolute Gasteiger partial charge is 0.756 e. The van der Waals surface area contributed by atoms with E-state index in [0.717, 1.165) is 83.5 Å². The van der Waals surface area contributed by atoms with Crippen LogP contribution < -0.4 is 4.89 Å². The number of phosphoric acid groups is 1. The van der Waals surface area contributed by atoms with Gasteiger partial charge in [0.15, 0.2) is 6.10 Å². The molecule has 69 heavy (non-hydrogen) atoms. The van der Waals surface area contributed by atoms with E-state index in [0.29, 0.717) is 17.4 Å². The Bertz CT molecular complexity index is 1350. The number of rotatable bonds is 52. The van der Waals surface area contributed by atoms with Crippen LogP contribution in [0.2, 0.25) is 0 Å². The van der Waals surface area contributed by atoms with Gasteiger partial charge >= 0.3 is 11.9 Å². The predicted molar refractivity (Wildman–Crippen MR) is 291 cm³/mol. The summed E-state index contributed by atoms with van der Waals surface area (Å²) in [5.41, 5.74) is 0. The second kappa shape index (κ2) is 50.6. The number of carbonyl (C=O) groups is 2. The molecule has 2 unspecified atom stereocenters. The van der Waals surface area contributed by atoms with E-state index in [1.54, 1.807) is 0 Å². The van der Waals surface area contributed by atoms with E-state index in [9.17, 15) is 19.0 Å². The number of nitrogens with zero attached hydrogens (tertiary/aromatic N) is 1. The van der Waals surface area contributed by atoms with Crippen LogP contribution in [0.15, 0.2) is 60.8 Å². The molecule has 9 nitrogen and oxygen atoms in total. The fourth-order valence-electron chi connectivity index (χ4n) is 7.92. The fraction of sp³-hybridized carbons (Fsp3) is 0.797. The van der Waals surface area contributed by atoms with E-state index in [2.05, 4.69) is 74.6 Å². The van der Waals surface area contributed by atoms with Crippen LogP contribution in [0.1, 0.15) is 251 Å². The van der Waals surface area contributed by atoms with Gasteiger partial charge in [-0.05, 0) is 57.8 Å². The normalized spacial score (nSPS) is 13.8. The summed E-state index contributed by atoms with van der Waals surface area (Å²) >= 11 is 0. The molecule has 0 aliphatic heterocycles. The Balaban J connectivity index is 4.19. The van der Waals surface area contributed by atoms with Crippen LogP contribution >= 0.6 is 7.82 Å². The highest BCUT2D eigenvalue weighted by atomic mass is 31.2. The summed E-state index contributed by atoms with van der Waals surface area (Å²) < 4.78 is 34.1. The van der Waals surface area contributed by atoms with Crippen LogP contribution in [0.25, 0.3) is 0 Å². The van der Waals surface area contributed by atoms with Crippen molar-refractivity contribution in [3.05, 3.63) is 60.8 Å². The summed E-state index contributed by atoms with van der Waals surface area (Å²) in [6.07, 6.45) is 64.1. The van der Waals surface area contributed by atoms with Crippen molar-refractivity contribution < 1.29 is 42.1 Å². The minimum Gasteiger partial charge on any atom is -0.756 e. The molecule has 2 atom stereocenters. The first-order valence-electron chi connectivity index (χ1n) is 28.5. The van der Waals surface area contributed by atoms with Crippen molar-refractivity contribution in [1.82, 2.24) is 0 Å². The highest BCUT2D eigenvalue weighted by molar-refractivity contribution is 7.45. The average molecular weight is 990 g/mol. The first-order chi connectivity index (χ1) is 33.5. The number of hydrogen-bond donors (Lipinski definition) is 0. The average Bonchev–Trinajstić information content (AvgIpc) is 3.31. The molecule has 0 spiro atoms.